The molecule has 1 heterocycles. The van der Waals surface area contributed by atoms with Crippen LogP contribution in [0.4, 0.5) is 0 Å². The van der Waals surface area contributed by atoms with Crippen molar-refractivity contribution in [2.75, 3.05) is 13.2 Å². The molecule has 1 aliphatic heterocycles. The average molecular weight is 285 g/mol. The van der Waals surface area contributed by atoms with Crippen molar-refractivity contribution in [3.8, 4) is 0 Å². The monoisotopic (exact) mass is 285 g/mol. The molecule has 6 heteroatoms. The maximum atomic E-state index is 12.2. The lowest BCUT2D eigenvalue weighted by Crippen LogP contribution is -2.76. The van der Waals surface area contributed by atoms with Crippen LogP contribution in [0.3, 0.4) is 0 Å². The van der Waals surface area contributed by atoms with Crippen molar-refractivity contribution in [2.45, 2.75) is 57.8 Å². The lowest BCUT2D eigenvalue weighted by Gasteiger charge is -2.58. The Morgan fingerprint density at radius 3 is 2.60 bits per heavy atom. The van der Waals surface area contributed by atoms with E-state index < -0.39 is 23.0 Å². The molecular weight excluding hydrogens is 262 g/mol. The molecular formula is C14H23NO5. The number of carboxylic acid groups (broad SMARTS) is 1. The third-order valence-corrected chi connectivity index (χ3v) is 4.69. The van der Waals surface area contributed by atoms with Crippen molar-refractivity contribution in [3.63, 3.8) is 0 Å². The zero-order valence-corrected chi connectivity index (χ0v) is 12.3. The van der Waals surface area contributed by atoms with Crippen LogP contribution in [0.1, 0.15) is 40.0 Å². The first-order valence-electron chi connectivity index (χ1n) is 7.14. The number of ether oxygens (including phenoxy) is 2. The van der Waals surface area contributed by atoms with Gasteiger partial charge in [0.05, 0.1) is 6.10 Å². The molecule has 1 amide bonds. The molecule has 0 aromatic carbocycles. The minimum absolute atomic E-state index is 0.159. The van der Waals surface area contributed by atoms with E-state index in [0.717, 1.165) is 6.42 Å². The predicted octanol–water partition coefficient (Wildman–Crippen LogP) is 0.940. The second-order valence-electron chi connectivity index (χ2n) is 6.07. The van der Waals surface area contributed by atoms with Gasteiger partial charge in [-0.3, -0.25) is 4.79 Å². The van der Waals surface area contributed by atoms with E-state index in [2.05, 4.69) is 5.32 Å². The van der Waals surface area contributed by atoms with Gasteiger partial charge in [0.2, 0.25) is 5.91 Å². The zero-order valence-electron chi connectivity index (χ0n) is 12.3. The third-order valence-electron chi connectivity index (χ3n) is 4.69. The van der Waals surface area contributed by atoms with E-state index in [9.17, 15) is 14.7 Å². The second kappa shape index (κ2) is 5.33. The maximum Gasteiger partial charge on any atom is 0.330 e. The molecule has 0 aromatic rings. The lowest BCUT2D eigenvalue weighted by atomic mass is 9.54. The van der Waals surface area contributed by atoms with E-state index in [1.807, 2.05) is 20.8 Å². The highest BCUT2D eigenvalue weighted by atomic mass is 16.5. The molecule has 6 nitrogen and oxygen atoms in total. The summed E-state index contributed by atoms with van der Waals surface area (Å²) in [6.07, 6.45) is 1.10. The fraction of sp³-hybridized carbons (Fsp3) is 0.857. The molecule has 1 saturated heterocycles. The van der Waals surface area contributed by atoms with E-state index in [1.54, 1.807) is 0 Å². The molecule has 0 bridgehead atoms. The summed E-state index contributed by atoms with van der Waals surface area (Å²) in [5.74, 6) is -1.34. The van der Waals surface area contributed by atoms with Gasteiger partial charge in [-0.1, -0.05) is 13.8 Å². The Morgan fingerprint density at radius 2 is 2.15 bits per heavy atom. The average Bonchev–Trinajstić information content (AvgIpc) is 2.90. The Labute approximate surface area is 118 Å². The number of carbonyl (C=O) groups is 2. The molecule has 0 radical (unpaired) electrons. The molecule has 1 aliphatic carbocycles. The van der Waals surface area contributed by atoms with Crippen LogP contribution in [-0.4, -0.2) is 47.9 Å². The van der Waals surface area contributed by atoms with Crippen molar-refractivity contribution in [1.29, 1.82) is 0 Å². The summed E-state index contributed by atoms with van der Waals surface area (Å²) < 4.78 is 10.9. The number of hydrogen-bond donors (Lipinski definition) is 2. The normalized spacial score (nSPS) is 35.4. The molecule has 2 rings (SSSR count). The smallest absolute Gasteiger partial charge is 0.330 e. The minimum atomic E-state index is -1.27. The number of nitrogens with one attached hydrogen (secondary N) is 1. The van der Waals surface area contributed by atoms with Crippen molar-refractivity contribution in [1.82, 2.24) is 5.32 Å². The van der Waals surface area contributed by atoms with Crippen molar-refractivity contribution >= 4 is 11.9 Å². The van der Waals surface area contributed by atoms with Crippen LogP contribution in [0.15, 0.2) is 0 Å². The minimum Gasteiger partial charge on any atom is -0.479 e. The molecule has 3 atom stereocenters. The van der Waals surface area contributed by atoms with E-state index in [-0.39, 0.29) is 12.0 Å². The highest BCUT2D eigenvalue weighted by Crippen LogP contribution is 2.51. The Kier molecular flexibility index (Phi) is 4.07. The fourth-order valence-corrected chi connectivity index (χ4v) is 3.11. The number of amides is 1. The van der Waals surface area contributed by atoms with E-state index in [0.29, 0.717) is 26.1 Å². The van der Waals surface area contributed by atoms with E-state index in [4.69, 9.17) is 9.47 Å². The molecule has 3 unspecified atom stereocenters. The van der Waals surface area contributed by atoms with Gasteiger partial charge >= 0.3 is 5.97 Å². The SMILES string of the molecule is CCOC1CC(NC(=O)C2CCCO2)(C(=O)O)C1(C)C. The van der Waals surface area contributed by atoms with Gasteiger partial charge in [-0.25, -0.2) is 4.79 Å². The van der Waals surface area contributed by atoms with Gasteiger partial charge in [-0.2, -0.15) is 0 Å². The molecule has 20 heavy (non-hydrogen) atoms. The largest absolute Gasteiger partial charge is 0.479 e. The molecule has 114 valence electrons. The van der Waals surface area contributed by atoms with Crippen LogP contribution in [-0.2, 0) is 19.1 Å². The Bertz CT molecular complexity index is 402. The molecule has 0 aromatic heterocycles. The van der Waals surface area contributed by atoms with Gasteiger partial charge in [0, 0.05) is 25.0 Å². The topological polar surface area (TPSA) is 84.9 Å². The quantitative estimate of drug-likeness (QED) is 0.785. The number of rotatable bonds is 5. The highest BCUT2D eigenvalue weighted by molar-refractivity contribution is 5.91. The van der Waals surface area contributed by atoms with E-state index >= 15 is 0 Å². The first-order valence-corrected chi connectivity index (χ1v) is 7.14. The molecule has 1 saturated carbocycles. The van der Waals surface area contributed by atoms with Gasteiger partial charge in [0.25, 0.3) is 0 Å². The molecule has 2 aliphatic rings. The van der Waals surface area contributed by atoms with Crippen LogP contribution >= 0.6 is 0 Å². The third kappa shape index (κ3) is 2.20. The standard InChI is InChI=1S/C14H23NO5/c1-4-19-10-8-14(12(17)18,13(10,2)3)15-11(16)9-6-5-7-20-9/h9-10H,4-8H2,1-3H3,(H,15,16)(H,17,18). The molecule has 2 fully saturated rings. The number of carbonyl (C=O) groups excluding carboxylic acids is 1. The van der Waals surface area contributed by atoms with Crippen molar-refractivity contribution in [3.05, 3.63) is 0 Å². The first kappa shape index (κ1) is 15.3. The zero-order chi connectivity index (χ0) is 15.0. The van der Waals surface area contributed by atoms with Crippen LogP contribution in [0.5, 0.6) is 0 Å². The Morgan fingerprint density at radius 1 is 1.45 bits per heavy atom. The van der Waals surface area contributed by atoms with E-state index in [1.165, 1.54) is 0 Å². The van der Waals surface area contributed by atoms with Gasteiger partial charge in [0.1, 0.15) is 11.6 Å². The van der Waals surface area contributed by atoms with Crippen molar-refractivity contribution in [2.24, 2.45) is 5.41 Å². The van der Waals surface area contributed by atoms with Gasteiger partial charge in [-0.15, -0.1) is 0 Å². The fourth-order valence-electron chi connectivity index (χ4n) is 3.11. The second-order valence-corrected chi connectivity index (χ2v) is 6.07. The number of aliphatic carboxylic acids is 1. The van der Waals surface area contributed by atoms with Crippen LogP contribution in [0, 0.1) is 5.41 Å². The van der Waals surface area contributed by atoms with Gasteiger partial charge in [-0.05, 0) is 19.8 Å². The number of hydrogen-bond acceptors (Lipinski definition) is 4. The Balaban J connectivity index is 2.12. The predicted molar refractivity (Wildman–Crippen MR) is 71.3 cm³/mol. The summed E-state index contributed by atoms with van der Waals surface area (Å²) in [5, 5.41) is 12.3. The molecule has 0 spiro atoms. The molecule has 2 N–H and O–H groups in total. The summed E-state index contributed by atoms with van der Waals surface area (Å²) in [5.41, 5.74) is -1.92. The Hall–Kier alpha value is -1.14. The summed E-state index contributed by atoms with van der Waals surface area (Å²) >= 11 is 0. The summed E-state index contributed by atoms with van der Waals surface area (Å²) in [6.45, 7) is 6.61. The van der Waals surface area contributed by atoms with Crippen LogP contribution in [0.25, 0.3) is 0 Å². The summed E-state index contributed by atoms with van der Waals surface area (Å²) in [6, 6.07) is 0. The number of carboxylic acids is 1. The first-order chi connectivity index (χ1) is 9.35. The summed E-state index contributed by atoms with van der Waals surface area (Å²) in [4.78, 5) is 23.9. The van der Waals surface area contributed by atoms with Crippen LogP contribution < -0.4 is 5.32 Å². The van der Waals surface area contributed by atoms with Gasteiger partial charge < -0.3 is 19.9 Å². The highest BCUT2D eigenvalue weighted by Gasteiger charge is 2.66. The van der Waals surface area contributed by atoms with Crippen LogP contribution in [0.2, 0.25) is 0 Å². The maximum absolute atomic E-state index is 12.2. The summed E-state index contributed by atoms with van der Waals surface area (Å²) in [7, 11) is 0. The lowest BCUT2D eigenvalue weighted by molar-refractivity contribution is -0.195. The van der Waals surface area contributed by atoms with Gasteiger partial charge in [0.15, 0.2) is 0 Å². The van der Waals surface area contributed by atoms with Crippen molar-refractivity contribution < 1.29 is 24.2 Å².